The lowest BCUT2D eigenvalue weighted by Gasteiger charge is -2.15. The molecule has 104 valence electrons. The molecule has 1 aromatic heterocycles. The Morgan fingerprint density at radius 3 is 2.65 bits per heavy atom. The third kappa shape index (κ3) is 3.12. The van der Waals surface area contributed by atoms with Crippen LogP contribution >= 0.6 is 0 Å². The lowest BCUT2D eigenvalue weighted by molar-refractivity contribution is 0.0936. The zero-order chi connectivity index (χ0) is 14.5. The fraction of sp³-hybridized carbons (Fsp3) is 0.200. The molecule has 1 heterocycles. The van der Waals surface area contributed by atoms with Gasteiger partial charge in [-0.15, -0.1) is 0 Å². The fourth-order valence-electron chi connectivity index (χ4n) is 1.87. The van der Waals surface area contributed by atoms with Gasteiger partial charge in [0.2, 0.25) is 0 Å². The van der Waals surface area contributed by atoms with Crippen molar-refractivity contribution >= 4 is 5.91 Å². The van der Waals surface area contributed by atoms with E-state index in [1.807, 2.05) is 19.1 Å². The van der Waals surface area contributed by atoms with Crippen molar-refractivity contribution in [3.8, 4) is 5.75 Å². The Hall–Kier alpha value is -2.43. The molecule has 2 aromatic rings. The summed E-state index contributed by atoms with van der Waals surface area (Å²) in [6, 6.07) is 7.26. The number of nitrogens with one attached hydrogen (secondary N) is 1. The highest BCUT2D eigenvalue weighted by Gasteiger charge is 2.16. The molecule has 0 radical (unpaired) electrons. The molecule has 0 aliphatic rings. The lowest BCUT2D eigenvalue weighted by Crippen LogP contribution is -2.27. The molecule has 0 saturated heterocycles. The molecular weight excluding hydrogens is 259 g/mol. The number of carbonyl (C=O) groups excluding carboxylic acids is 1. The summed E-state index contributed by atoms with van der Waals surface area (Å²) < 4.78 is 18.3. The molecule has 4 nitrogen and oxygen atoms in total. The monoisotopic (exact) mass is 274 g/mol. The van der Waals surface area contributed by atoms with Crippen LogP contribution in [0.4, 0.5) is 4.39 Å². The van der Waals surface area contributed by atoms with E-state index in [2.05, 4.69) is 10.3 Å². The summed E-state index contributed by atoms with van der Waals surface area (Å²) in [5.41, 5.74) is 1.09. The predicted octanol–water partition coefficient (Wildman–Crippen LogP) is 2.72. The molecule has 5 heteroatoms. The van der Waals surface area contributed by atoms with Gasteiger partial charge in [0, 0.05) is 12.4 Å². The normalized spacial score (nSPS) is 11.8. The number of halogens is 1. The first-order chi connectivity index (χ1) is 9.61. The first-order valence-corrected chi connectivity index (χ1v) is 6.16. The largest absolute Gasteiger partial charge is 0.496 e. The van der Waals surface area contributed by atoms with Crippen LogP contribution in [0.15, 0.2) is 42.7 Å². The van der Waals surface area contributed by atoms with Gasteiger partial charge in [0.1, 0.15) is 11.6 Å². The minimum Gasteiger partial charge on any atom is -0.496 e. The molecule has 0 saturated carbocycles. The van der Waals surface area contributed by atoms with Crippen LogP contribution < -0.4 is 10.1 Å². The molecule has 0 fully saturated rings. The van der Waals surface area contributed by atoms with E-state index in [1.165, 1.54) is 19.2 Å². The fourth-order valence-corrected chi connectivity index (χ4v) is 1.87. The second-order valence-electron chi connectivity index (χ2n) is 4.32. The average Bonchev–Trinajstić information content (AvgIpc) is 2.48. The van der Waals surface area contributed by atoms with Crippen molar-refractivity contribution in [1.82, 2.24) is 10.3 Å². The second kappa shape index (κ2) is 6.14. The van der Waals surface area contributed by atoms with Crippen LogP contribution in [0.1, 0.15) is 28.9 Å². The highest BCUT2D eigenvalue weighted by atomic mass is 19.1. The summed E-state index contributed by atoms with van der Waals surface area (Å²) in [5, 5.41) is 2.80. The van der Waals surface area contributed by atoms with Crippen LogP contribution in [0.25, 0.3) is 0 Å². The second-order valence-corrected chi connectivity index (χ2v) is 4.32. The quantitative estimate of drug-likeness (QED) is 0.932. The molecule has 2 rings (SSSR count). The van der Waals surface area contributed by atoms with E-state index in [1.54, 1.807) is 12.4 Å². The van der Waals surface area contributed by atoms with Crippen LogP contribution in [0.2, 0.25) is 0 Å². The SMILES string of the molecule is COc1ccc(F)cc1C(=O)NC(C)c1ccncc1. The van der Waals surface area contributed by atoms with E-state index in [0.717, 1.165) is 11.6 Å². The number of hydrogen-bond acceptors (Lipinski definition) is 3. The number of ether oxygens (including phenoxy) is 1. The molecule has 0 bridgehead atoms. The minimum atomic E-state index is -0.479. The van der Waals surface area contributed by atoms with Gasteiger partial charge in [-0.3, -0.25) is 9.78 Å². The van der Waals surface area contributed by atoms with Crippen molar-refractivity contribution in [2.45, 2.75) is 13.0 Å². The Morgan fingerprint density at radius 2 is 2.00 bits per heavy atom. The Bertz CT molecular complexity index is 602. The van der Waals surface area contributed by atoms with Crippen molar-refractivity contribution in [2.24, 2.45) is 0 Å². The van der Waals surface area contributed by atoms with Crippen molar-refractivity contribution in [2.75, 3.05) is 7.11 Å². The van der Waals surface area contributed by atoms with Gasteiger partial charge in [0.05, 0.1) is 18.7 Å². The third-order valence-electron chi connectivity index (χ3n) is 2.96. The number of rotatable bonds is 4. The number of hydrogen-bond donors (Lipinski definition) is 1. The van der Waals surface area contributed by atoms with E-state index < -0.39 is 5.82 Å². The topological polar surface area (TPSA) is 51.2 Å². The number of aromatic nitrogens is 1. The van der Waals surface area contributed by atoms with E-state index >= 15 is 0 Å². The number of nitrogens with zero attached hydrogens (tertiary/aromatic N) is 1. The molecule has 0 aliphatic carbocycles. The van der Waals surface area contributed by atoms with Crippen molar-refractivity contribution in [3.05, 3.63) is 59.7 Å². The van der Waals surface area contributed by atoms with Crippen LogP contribution in [0.3, 0.4) is 0 Å². The number of pyridine rings is 1. The van der Waals surface area contributed by atoms with Crippen LogP contribution in [-0.2, 0) is 0 Å². The lowest BCUT2D eigenvalue weighted by atomic mass is 10.1. The van der Waals surface area contributed by atoms with Gasteiger partial charge in [-0.2, -0.15) is 0 Å². The molecule has 1 unspecified atom stereocenters. The zero-order valence-electron chi connectivity index (χ0n) is 11.3. The maximum atomic E-state index is 13.3. The minimum absolute atomic E-state index is 0.174. The first kappa shape index (κ1) is 14.0. The van der Waals surface area contributed by atoms with Gasteiger partial charge in [-0.1, -0.05) is 0 Å². The van der Waals surface area contributed by atoms with Gasteiger partial charge >= 0.3 is 0 Å². The van der Waals surface area contributed by atoms with Crippen LogP contribution in [0.5, 0.6) is 5.75 Å². The standard InChI is InChI=1S/C15H15FN2O2/c1-10(11-5-7-17-8-6-11)18-15(19)13-9-12(16)3-4-14(13)20-2/h3-10H,1-2H3,(H,18,19). The maximum absolute atomic E-state index is 13.3. The summed E-state index contributed by atoms with van der Waals surface area (Å²) in [6.07, 6.45) is 3.31. The Kier molecular flexibility index (Phi) is 4.30. The summed E-state index contributed by atoms with van der Waals surface area (Å²) in [4.78, 5) is 16.1. The molecule has 1 amide bonds. The first-order valence-electron chi connectivity index (χ1n) is 6.16. The molecule has 1 aromatic carbocycles. The van der Waals surface area contributed by atoms with Gasteiger partial charge in [-0.25, -0.2) is 4.39 Å². The van der Waals surface area contributed by atoms with Gasteiger partial charge in [0.25, 0.3) is 5.91 Å². The van der Waals surface area contributed by atoms with Crippen molar-refractivity contribution in [1.29, 1.82) is 0 Å². The zero-order valence-corrected chi connectivity index (χ0v) is 11.3. The number of amides is 1. The molecule has 20 heavy (non-hydrogen) atoms. The van der Waals surface area contributed by atoms with E-state index in [4.69, 9.17) is 4.74 Å². The van der Waals surface area contributed by atoms with Gasteiger partial charge in [0.15, 0.2) is 0 Å². The van der Waals surface area contributed by atoms with Crippen molar-refractivity contribution < 1.29 is 13.9 Å². The van der Waals surface area contributed by atoms with Crippen molar-refractivity contribution in [3.63, 3.8) is 0 Å². The summed E-state index contributed by atoms with van der Waals surface area (Å²) >= 11 is 0. The van der Waals surface area contributed by atoms with Gasteiger partial charge < -0.3 is 10.1 Å². The molecule has 0 aliphatic heterocycles. The van der Waals surface area contributed by atoms with E-state index in [9.17, 15) is 9.18 Å². The highest BCUT2D eigenvalue weighted by molar-refractivity contribution is 5.97. The maximum Gasteiger partial charge on any atom is 0.255 e. The van der Waals surface area contributed by atoms with Crippen LogP contribution in [0, 0.1) is 5.82 Å². The Balaban J connectivity index is 2.18. The Labute approximate surface area is 116 Å². The smallest absolute Gasteiger partial charge is 0.255 e. The summed E-state index contributed by atoms with van der Waals surface area (Å²) in [6.45, 7) is 1.85. The third-order valence-corrected chi connectivity index (χ3v) is 2.96. The molecule has 0 spiro atoms. The summed E-state index contributed by atoms with van der Waals surface area (Å²) in [5.74, 6) is -0.524. The molecule has 1 atom stereocenters. The number of benzene rings is 1. The number of carbonyl (C=O) groups is 1. The highest BCUT2D eigenvalue weighted by Crippen LogP contribution is 2.20. The van der Waals surface area contributed by atoms with Gasteiger partial charge in [-0.05, 0) is 42.8 Å². The molecular formula is C15H15FN2O2. The van der Waals surface area contributed by atoms with E-state index in [-0.39, 0.29) is 17.5 Å². The summed E-state index contributed by atoms with van der Waals surface area (Å²) in [7, 11) is 1.44. The van der Waals surface area contributed by atoms with E-state index in [0.29, 0.717) is 5.75 Å². The van der Waals surface area contributed by atoms with Crippen LogP contribution in [-0.4, -0.2) is 18.0 Å². The molecule has 1 N–H and O–H groups in total. The number of methoxy groups -OCH3 is 1. The average molecular weight is 274 g/mol. The predicted molar refractivity (Wildman–Crippen MR) is 73.1 cm³/mol. The Morgan fingerprint density at radius 1 is 1.30 bits per heavy atom.